The number of likely N-dealkylation sites (tertiary alicyclic amines) is 1. The number of urea groups is 1. The number of ether oxygens (including phenoxy) is 1. The maximum absolute atomic E-state index is 13.0. The van der Waals surface area contributed by atoms with Gasteiger partial charge in [-0.15, -0.1) is 0 Å². The van der Waals surface area contributed by atoms with Crippen LogP contribution in [0.15, 0.2) is 12.5 Å². The Hall–Kier alpha value is -2.64. The highest BCUT2D eigenvalue weighted by Gasteiger charge is 2.30. The molecule has 134 valence electrons. The number of carbonyl (C=O) groups is 1. The monoisotopic (exact) mass is 344 g/mol. The summed E-state index contributed by atoms with van der Waals surface area (Å²) in [5.74, 6) is 0.352. The van der Waals surface area contributed by atoms with Gasteiger partial charge in [-0.25, -0.2) is 9.78 Å². The highest BCUT2D eigenvalue weighted by atomic mass is 16.5. The molecule has 0 aliphatic carbocycles. The first-order valence-corrected chi connectivity index (χ1v) is 8.55. The van der Waals surface area contributed by atoms with E-state index in [1.165, 1.54) is 13.4 Å². The first-order chi connectivity index (χ1) is 12.1. The van der Waals surface area contributed by atoms with Gasteiger partial charge >= 0.3 is 6.03 Å². The second-order valence-electron chi connectivity index (χ2n) is 6.28. The van der Waals surface area contributed by atoms with Crippen LogP contribution >= 0.6 is 0 Å². The molecular formula is C17H24N6O2. The number of nitrogens with one attached hydrogen (secondary N) is 2. The minimum absolute atomic E-state index is 0.0110. The average Bonchev–Trinajstić information content (AvgIpc) is 2.81. The Morgan fingerprint density at radius 2 is 2.20 bits per heavy atom. The number of methoxy groups -OCH3 is 1. The van der Waals surface area contributed by atoms with Crippen LogP contribution in [0.1, 0.15) is 48.7 Å². The topological polar surface area (TPSA) is 96.0 Å². The van der Waals surface area contributed by atoms with Crippen LogP contribution in [0.25, 0.3) is 0 Å². The summed E-state index contributed by atoms with van der Waals surface area (Å²) in [6.45, 7) is 4.69. The Labute approximate surface area is 147 Å². The quantitative estimate of drug-likeness (QED) is 0.892. The van der Waals surface area contributed by atoms with Gasteiger partial charge < -0.3 is 15.0 Å². The zero-order valence-electron chi connectivity index (χ0n) is 14.9. The molecule has 8 heteroatoms. The molecule has 0 spiro atoms. The maximum atomic E-state index is 13.0. The van der Waals surface area contributed by atoms with E-state index in [2.05, 4.69) is 25.5 Å². The Balaban J connectivity index is 1.87. The number of amides is 2. The molecule has 1 aliphatic heterocycles. The van der Waals surface area contributed by atoms with Crippen LogP contribution in [0.5, 0.6) is 5.88 Å². The number of nitrogens with zero attached hydrogens (tertiary/aromatic N) is 4. The van der Waals surface area contributed by atoms with E-state index < -0.39 is 0 Å². The summed E-state index contributed by atoms with van der Waals surface area (Å²) in [6, 6.07) is -0.156. The van der Waals surface area contributed by atoms with Gasteiger partial charge in [0, 0.05) is 17.8 Å². The molecule has 1 unspecified atom stereocenters. The minimum atomic E-state index is -0.167. The lowest BCUT2D eigenvalue weighted by atomic mass is 9.99. The molecule has 3 heterocycles. The second-order valence-corrected chi connectivity index (χ2v) is 6.28. The fourth-order valence-corrected chi connectivity index (χ4v) is 3.46. The molecular weight excluding hydrogens is 320 g/mol. The van der Waals surface area contributed by atoms with Crippen molar-refractivity contribution < 1.29 is 9.53 Å². The van der Waals surface area contributed by atoms with Crippen LogP contribution in [0.4, 0.5) is 10.5 Å². The Morgan fingerprint density at radius 3 is 2.92 bits per heavy atom. The van der Waals surface area contributed by atoms with Crippen LogP contribution < -0.4 is 10.1 Å². The number of H-pyrrole nitrogens is 1. The fourth-order valence-electron chi connectivity index (χ4n) is 3.46. The number of carbonyl (C=O) groups excluding carboxylic acids is 1. The van der Waals surface area contributed by atoms with Gasteiger partial charge in [0.05, 0.1) is 25.0 Å². The minimum Gasteiger partial charge on any atom is -0.479 e. The molecule has 2 aromatic rings. The SMILES string of the molecule is COc1ncncc1NC(=O)N1CCCCCC1c1c(C)n[nH]c1C. The van der Waals surface area contributed by atoms with E-state index in [0.717, 1.165) is 42.6 Å². The molecule has 25 heavy (non-hydrogen) atoms. The molecule has 1 atom stereocenters. The van der Waals surface area contributed by atoms with Crippen molar-refractivity contribution in [1.82, 2.24) is 25.1 Å². The Kier molecular flexibility index (Phi) is 5.16. The summed E-state index contributed by atoms with van der Waals surface area (Å²) in [7, 11) is 1.52. The molecule has 2 N–H and O–H groups in total. The van der Waals surface area contributed by atoms with Crippen LogP contribution in [-0.4, -0.2) is 44.8 Å². The number of anilines is 1. The lowest BCUT2D eigenvalue weighted by molar-refractivity contribution is 0.189. The molecule has 1 fully saturated rings. The number of hydrogen-bond acceptors (Lipinski definition) is 5. The van der Waals surface area contributed by atoms with Crippen molar-refractivity contribution >= 4 is 11.7 Å². The smallest absolute Gasteiger partial charge is 0.322 e. The summed E-state index contributed by atoms with van der Waals surface area (Å²) in [5, 5.41) is 10.2. The normalized spacial score (nSPS) is 17.9. The molecule has 0 aromatic carbocycles. The summed E-state index contributed by atoms with van der Waals surface area (Å²) in [6.07, 6.45) is 7.07. The van der Waals surface area contributed by atoms with Gasteiger partial charge in [-0.05, 0) is 26.7 Å². The van der Waals surface area contributed by atoms with Crippen molar-refractivity contribution in [3.8, 4) is 5.88 Å². The lowest BCUT2D eigenvalue weighted by Gasteiger charge is -2.30. The predicted molar refractivity (Wildman–Crippen MR) is 93.6 cm³/mol. The van der Waals surface area contributed by atoms with Gasteiger partial charge in [0.25, 0.3) is 0 Å². The summed E-state index contributed by atoms with van der Waals surface area (Å²) < 4.78 is 5.20. The van der Waals surface area contributed by atoms with Gasteiger partial charge in [-0.1, -0.05) is 12.8 Å². The molecule has 8 nitrogen and oxygen atoms in total. The zero-order valence-corrected chi connectivity index (χ0v) is 14.9. The highest BCUT2D eigenvalue weighted by molar-refractivity contribution is 5.90. The van der Waals surface area contributed by atoms with Gasteiger partial charge in [-0.3, -0.25) is 5.10 Å². The fraction of sp³-hybridized carbons (Fsp3) is 0.529. The van der Waals surface area contributed by atoms with Gasteiger partial charge in [0.1, 0.15) is 12.0 Å². The van der Waals surface area contributed by atoms with Gasteiger partial charge in [0.2, 0.25) is 5.88 Å². The van der Waals surface area contributed by atoms with Crippen molar-refractivity contribution in [2.24, 2.45) is 0 Å². The van der Waals surface area contributed by atoms with Crippen LogP contribution in [0.3, 0.4) is 0 Å². The maximum Gasteiger partial charge on any atom is 0.322 e. The van der Waals surface area contributed by atoms with Crippen molar-refractivity contribution in [2.75, 3.05) is 19.0 Å². The third-order valence-corrected chi connectivity index (χ3v) is 4.64. The summed E-state index contributed by atoms with van der Waals surface area (Å²) in [5.41, 5.74) is 3.55. The van der Waals surface area contributed by atoms with E-state index >= 15 is 0 Å². The van der Waals surface area contributed by atoms with E-state index in [-0.39, 0.29) is 12.1 Å². The van der Waals surface area contributed by atoms with E-state index in [0.29, 0.717) is 18.1 Å². The number of rotatable bonds is 3. The summed E-state index contributed by atoms with van der Waals surface area (Å²) >= 11 is 0. The molecule has 1 aliphatic rings. The number of aromatic amines is 1. The molecule has 1 saturated heterocycles. The standard InChI is InChI=1S/C17H24N6O2/c1-11-15(12(2)22-21-11)14-7-5-4-6-8-23(14)17(24)20-13-9-18-10-19-16(13)25-3/h9-10,14H,4-8H2,1-3H3,(H,20,24)(H,21,22). The molecule has 0 bridgehead atoms. The van der Waals surface area contributed by atoms with Crippen LogP contribution in [0.2, 0.25) is 0 Å². The van der Waals surface area contributed by atoms with E-state index in [4.69, 9.17) is 4.74 Å². The molecule has 0 radical (unpaired) electrons. The van der Waals surface area contributed by atoms with Crippen molar-refractivity contribution in [2.45, 2.75) is 45.6 Å². The van der Waals surface area contributed by atoms with E-state index in [1.54, 1.807) is 6.20 Å². The largest absolute Gasteiger partial charge is 0.479 e. The third kappa shape index (κ3) is 3.57. The lowest BCUT2D eigenvalue weighted by Crippen LogP contribution is -2.38. The third-order valence-electron chi connectivity index (χ3n) is 4.64. The van der Waals surface area contributed by atoms with Crippen molar-refractivity contribution in [3.05, 3.63) is 29.5 Å². The van der Waals surface area contributed by atoms with Crippen LogP contribution in [0, 0.1) is 13.8 Å². The highest BCUT2D eigenvalue weighted by Crippen LogP contribution is 2.34. The van der Waals surface area contributed by atoms with Gasteiger partial charge in [0.15, 0.2) is 0 Å². The van der Waals surface area contributed by atoms with Crippen molar-refractivity contribution in [1.29, 1.82) is 0 Å². The van der Waals surface area contributed by atoms with E-state index in [1.807, 2.05) is 18.7 Å². The molecule has 2 amide bonds. The Morgan fingerprint density at radius 1 is 1.36 bits per heavy atom. The number of aromatic nitrogens is 4. The molecule has 0 saturated carbocycles. The number of aryl methyl sites for hydroxylation is 2. The zero-order chi connectivity index (χ0) is 17.8. The van der Waals surface area contributed by atoms with Crippen molar-refractivity contribution in [3.63, 3.8) is 0 Å². The van der Waals surface area contributed by atoms with Gasteiger partial charge in [-0.2, -0.15) is 10.1 Å². The van der Waals surface area contributed by atoms with E-state index in [9.17, 15) is 4.79 Å². The summed E-state index contributed by atoms with van der Waals surface area (Å²) in [4.78, 5) is 22.9. The average molecular weight is 344 g/mol. The predicted octanol–water partition coefficient (Wildman–Crippen LogP) is 2.97. The first kappa shape index (κ1) is 17.2. The first-order valence-electron chi connectivity index (χ1n) is 8.55. The molecule has 3 rings (SSSR count). The second kappa shape index (κ2) is 7.50. The van der Waals surface area contributed by atoms with Crippen LogP contribution in [-0.2, 0) is 0 Å². The number of hydrogen-bond donors (Lipinski definition) is 2. The Bertz CT molecular complexity index is 725. The molecule has 2 aromatic heterocycles.